The van der Waals surface area contributed by atoms with E-state index in [9.17, 15) is 0 Å². The number of allylic oxidation sites excluding steroid dienone is 1. The fourth-order valence-corrected chi connectivity index (χ4v) is 2.91. The maximum absolute atomic E-state index is 6.61. The molecule has 0 atom stereocenters. The molecule has 3 aromatic carbocycles. The predicted molar refractivity (Wildman–Crippen MR) is 99.7 cm³/mol. The second-order valence-electron chi connectivity index (χ2n) is 5.68. The van der Waals surface area contributed by atoms with Gasteiger partial charge in [0, 0.05) is 11.0 Å². The third-order valence-electron chi connectivity index (χ3n) is 3.96. The predicted octanol–water partition coefficient (Wildman–Crippen LogP) is 6.41. The lowest BCUT2D eigenvalue weighted by Crippen LogP contribution is -1.98. The molecule has 1 heteroatoms. The maximum atomic E-state index is 6.61. The topological polar surface area (TPSA) is 0 Å². The average molecular weight is 319 g/mol. The Kier molecular flexibility index (Phi) is 4.95. The molecule has 0 nitrogen and oxygen atoms in total. The summed E-state index contributed by atoms with van der Waals surface area (Å²) in [5.41, 5.74) is 4.77. The molecule has 0 N–H and O–H groups in total. The summed E-state index contributed by atoms with van der Waals surface area (Å²) in [5, 5.41) is 0.780. The van der Waals surface area contributed by atoms with Gasteiger partial charge in [0.25, 0.3) is 0 Å². The lowest BCUT2D eigenvalue weighted by atomic mass is 9.90. The van der Waals surface area contributed by atoms with Gasteiger partial charge in [-0.2, -0.15) is 0 Å². The van der Waals surface area contributed by atoms with Gasteiger partial charge in [-0.15, -0.1) is 0 Å². The Labute approximate surface area is 143 Å². The zero-order chi connectivity index (χ0) is 16.1. The summed E-state index contributed by atoms with van der Waals surface area (Å²) in [4.78, 5) is 0. The summed E-state index contributed by atoms with van der Waals surface area (Å²) in [6, 6.07) is 29.3. The van der Waals surface area contributed by atoms with Crippen LogP contribution in [-0.2, 0) is 0 Å². The second-order valence-corrected chi connectivity index (χ2v) is 6.09. The standard InChI is InChI=1S/C22H19Cl/c1-17-12-14-20(15-13-17)22(23)16-21(18-8-4-2-5-9-18)19-10-6-3-7-11-19/h2-16,21H,1H3/b22-16+. The van der Waals surface area contributed by atoms with E-state index in [1.165, 1.54) is 16.7 Å². The zero-order valence-electron chi connectivity index (χ0n) is 13.1. The number of halogens is 1. The van der Waals surface area contributed by atoms with Crippen molar-refractivity contribution in [3.8, 4) is 0 Å². The Bertz CT molecular complexity index is 732. The van der Waals surface area contributed by atoms with E-state index in [0.717, 1.165) is 10.6 Å². The van der Waals surface area contributed by atoms with Gasteiger partial charge in [0.2, 0.25) is 0 Å². The van der Waals surface area contributed by atoms with Crippen LogP contribution in [0.2, 0.25) is 0 Å². The lowest BCUT2D eigenvalue weighted by molar-refractivity contribution is 1.03. The van der Waals surface area contributed by atoms with Gasteiger partial charge < -0.3 is 0 Å². The van der Waals surface area contributed by atoms with Gasteiger partial charge in [-0.1, -0.05) is 108 Å². The fourth-order valence-electron chi connectivity index (χ4n) is 2.66. The van der Waals surface area contributed by atoms with Crippen molar-refractivity contribution in [3.63, 3.8) is 0 Å². The molecule has 0 aliphatic rings. The van der Waals surface area contributed by atoms with E-state index in [1.807, 2.05) is 12.1 Å². The molecule has 3 aromatic rings. The van der Waals surface area contributed by atoms with E-state index in [1.54, 1.807) is 0 Å². The van der Waals surface area contributed by atoms with Gasteiger partial charge in [0.15, 0.2) is 0 Å². The molecule has 0 aliphatic carbocycles. The smallest absolute Gasteiger partial charge is 0.0448 e. The summed E-state index contributed by atoms with van der Waals surface area (Å²) in [6.45, 7) is 2.08. The third-order valence-corrected chi connectivity index (χ3v) is 4.30. The molecule has 0 bridgehead atoms. The Morgan fingerprint density at radius 1 is 0.739 bits per heavy atom. The van der Waals surface area contributed by atoms with E-state index < -0.39 is 0 Å². The van der Waals surface area contributed by atoms with Crippen LogP contribution in [0.1, 0.15) is 28.2 Å². The molecule has 114 valence electrons. The molecule has 0 unspecified atom stereocenters. The molecule has 3 rings (SSSR count). The summed E-state index contributed by atoms with van der Waals surface area (Å²) in [7, 11) is 0. The third kappa shape index (κ3) is 3.91. The normalized spacial score (nSPS) is 11.7. The molecule has 23 heavy (non-hydrogen) atoms. The van der Waals surface area contributed by atoms with E-state index in [-0.39, 0.29) is 5.92 Å². The van der Waals surface area contributed by atoms with Crippen LogP contribution in [0.3, 0.4) is 0 Å². The highest BCUT2D eigenvalue weighted by Gasteiger charge is 2.12. The number of benzene rings is 3. The molecule has 0 spiro atoms. The minimum Gasteiger partial charge on any atom is -0.0840 e. The number of hydrogen-bond acceptors (Lipinski definition) is 0. The minimum absolute atomic E-state index is 0.145. The van der Waals surface area contributed by atoms with Crippen molar-refractivity contribution < 1.29 is 0 Å². The maximum Gasteiger partial charge on any atom is 0.0448 e. The van der Waals surface area contributed by atoms with E-state index in [0.29, 0.717) is 0 Å². The van der Waals surface area contributed by atoms with Crippen LogP contribution in [0.5, 0.6) is 0 Å². The quantitative estimate of drug-likeness (QED) is 0.521. The lowest BCUT2D eigenvalue weighted by Gasteiger charge is -2.15. The van der Waals surface area contributed by atoms with E-state index >= 15 is 0 Å². The van der Waals surface area contributed by atoms with Crippen molar-refractivity contribution in [2.24, 2.45) is 0 Å². The van der Waals surface area contributed by atoms with Gasteiger partial charge in [-0.05, 0) is 23.6 Å². The van der Waals surface area contributed by atoms with Gasteiger partial charge >= 0.3 is 0 Å². The molecule has 0 radical (unpaired) electrons. The van der Waals surface area contributed by atoms with E-state index in [2.05, 4.69) is 85.8 Å². The van der Waals surface area contributed by atoms with Crippen molar-refractivity contribution in [1.29, 1.82) is 0 Å². The summed E-state index contributed by atoms with van der Waals surface area (Å²) in [5.74, 6) is 0.145. The molecule has 0 amide bonds. The Morgan fingerprint density at radius 2 is 1.22 bits per heavy atom. The Morgan fingerprint density at radius 3 is 1.70 bits per heavy atom. The molecular weight excluding hydrogens is 300 g/mol. The van der Waals surface area contributed by atoms with Gasteiger partial charge in [-0.25, -0.2) is 0 Å². The van der Waals surface area contributed by atoms with Gasteiger partial charge in [0.1, 0.15) is 0 Å². The van der Waals surface area contributed by atoms with Crippen molar-refractivity contribution in [2.75, 3.05) is 0 Å². The molecule has 0 saturated heterocycles. The molecule has 0 fully saturated rings. The van der Waals surface area contributed by atoms with Crippen molar-refractivity contribution >= 4 is 16.6 Å². The number of hydrogen-bond donors (Lipinski definition) is 0. The molecule has 0 aliphatic heterocycles. The van der Waals surface area contributed by atoms with Crippen LogP contribution in [-0.4, -0.2) is 0 Å². The number of rotatable bonds is 4. The number of aryl methyl sites for hydroxylation is 1. The fraction of sp³-hybridized carbons (Fsp3) is 0.0909. The van der Waals surface area contributed by atoms with Gasteiger partial charge in [-0.3, -0.25) is 0 Å². The average Bonchev–Trinajstić information content (AvgIpc) is 2.61. The second kappa shape index (κ2) is 7.30. The summed E-state index contributed by atoms with van der Waals surface area (Å²) >= 11 is 6.61. The summed E-state index contributed by atoms with van der Waals surface area (Å²) in [6.07, 6.45) is 2.14. The first-order valence-corrected chi connectivity index (χ1v) is 8.16. The van der Waals surface area contributed by atoms with Crippen molar-refractivity contribution in [1.82, 2.24) is 0 Å². The van der Waals surface area contributed by atoms with Gasteiger partial charge in [0.05, 0.1) is 0 Å². The first kappa shape index (κ1) is 15.6. The van der Waals surface area contributed by atoms with Crippen molar-refractivity contribution in [2.45, 2.75) is 12.8 Å². The first-order chi connectivity index (χ1) is 11.2. The highest BCUT2D eigenvalue weighted by atomic mass is 35.5. The zero-order valence-corrected chi connectivity index (χ0v) is 13.9. The molecular formula is C22H19Cl. The Hall–Kier alpha value is -2.31. The Balaban J connectivity index is 2.02. The van der Waals surface area contributed by atoms with Crippen LogP contribution in [0.25, 0.3) is 5.03 Å². The monoisotopic (exact) mass is 318 g/mol. The van der Waals surface area contributed by atoms with Crippen LogP contribution < -0.4 is 0 Å². The van der Waals surface area contributed by atoms with Crippen LogP contribution in [0.15, 0.2) is 91.0 Å². The highest BCUT2D eigenvalue weighted by Crippen LogP contribution is 2.31. The van der Waals surface area contributed by atoms with Crippen LogP contribution >= 0.6 is 11.6 Å². The first-order valence-electron chi connectivity index (χ1n) is 7.78. The van der Waals surface area contributed by atoms with Crippen LogP contribution in [0, 0.1) is 6.92 Å². The minimum atomic E-state index is 0.145. The SMILES string of the molecule is Cc1ccc(/C(Cl)=C\C(c2ccccc2)c2ccccc2)cc1. The molecule has 0 heterocycles. The largest absolute Gasteiger partial charge is 0.0840 e. The highest BCUT2D eigenvalue weighted by molar-refractivity contribution is 6.48. The summed E-state index contributed by atoms with van der Waals surface area (Å²) < 4.78 is 0. The van der Waals surface area contributed by atoms with Crippen LogP contribution in [0.4, 0.5) is 0 Å². The molecule has 0 aromatic heterocycles. The van der Waals surface area contributed by atoms with E-state index in [4.69, 9.17) is 11.6 Å². The molecule has 0 saturated carbocycles. The van der Waals surface area contributed by atoms with Crippen molar-refractivity contribution in [3.05, 3.63) is 113 Å².